The molecular weight excluding hydrogens is 325 g/mol. The zero-order valence-electron chi connectivity index (χ0n) is 13.2. The van der Waals surface area contributed by atoms with E-state index in [1.807, 2.05) is 13.8 Å². The van der Waals surface area contributed by atoms with Crippen LogP contribution in [-0.4, -0.2) is 37.6 Å². The van der Waals surface area contributed by atoms with Crippen LogP contribution in [0.5, 0.6) is 5.75 Å². The second kappa shape index (κ2) is 10.8. The molecule has 0 radical (unpaired) electrons. The monoisotopic (exact) mass is 347 g/mol. The Labute approximate surface area is 141 Å². The van der Waals surface area contributed by atoms with E-state index in [0.717, 1.165) is 0 Å². The summed E-state index contributed by atoms with van der Waals surface area (Å²) >= 11 is 0. The van der Waals surface area contributed by atoms with Gasteiger partial charge in [0.2, 0.25) is 11.8 Å². The summed E-state index contributed by atoms with van der Waals surface area (Å²) < 4.78 is 18.4. The first kappa shape index (κ1) is 21.1. The van der Waals surface area contributed by atoms with E-state index in [9.17, 15) is 14.0 Å². The van der Waals surface area contributed by atoms with Crippen molar-refractivity contribution in [3.8, 4) is 5.75 Å². The minimum Gasteiger partial charge on any atom is -0.489 e. The van der Waals surface area contributed by atoms with Crippen molar-refractivity contribution in [1.82, 2.24) is 10.6 Å². The van der Waals surface area contributed by atoms with Crippen molar-refractivity contribution in [2.24, 2.45) is 11.7 Å². The molecule has 4 N–H and O–H groups in total. The van der Waals surface area contributed by atoms with Crippen molar-refractivity contribution in [3.63, 3.8) is 0 Å². The number of benzene rings is 1. The van der Waals surface area contributed by atoms with Crippen molar-refractivity contribution >= 4 is 24.2 Å². The van der Waals surface area contributed by atoms with Gasteiger partial charge in [0, 0.05) is 0 Å². The first-order chi connectivity index (χ1) is 10.4. The number of para-hydroxylation sites is 1. The second-order valence-corrected chi connectivity index (χ2v) is 5.12. The lowest BCUT2D eigenvalue weighted by molar-refractivity contribution is -0.127. The van der Waals surface area contributed by atoms with Crippen LogP contribution in [0.1, 0.15) is 13.8 Å². The van der Waals surface area contributed by atoms with Gasteiger partial charge in [0.05, 0.1) is 19.1 Å². The molecule has 0 heterocycles. The van der Waals surface area contributed by atoms with Crippen LogP contribution in [0.4, 0.5) is 4.39 Å². The Kier molecular flexibility index (Phi) is 9.92. The van der Waals surface area contributed by atoms with Crippen LogP contribution in [0.3, 0.4) is 0 Å². The van der Waals surface area contributed by atoms with Crippen LogP contribution in [0.2, 0.25) is 0 Å². The molecule has 1 aromatic carbocycles. The molecule has 0 bridgehead atoms. The van der Waals surface area contributed by atoms with Gasteiger partial charge in [0.15, 0.2) is 11.6 Å². The van der Waals surface area contributed by atoms with Crippen molar-refractivity contribution in [2.75, 3.05) is 19.7 Å². The smallest absolute Gasteiger partial charge is 0.239 e. The number of halogens is 2. The van der Waals surface area contributed by atoms with Gasteiger partial charge >= 0.3 is 0 Å². The van der Waals surface area contributed by atoms with E-state index >= 15 is 0 Å². The number of nitrogens with two attached hydrogens (primary N) is 1. The number of ether oxygens (including phenoxy) is 1. The molecule has 0 aliphatic heterocycles. The summed E-state index contributed by atoms with van der Waals surface area (Å²) in [6.07, 6.45) is 0. The highest BCUT2D eigenvalue weighted by Gasteiger charge is 2.17. The zero-order valence-corrected chi connectivity index (χ0v) is 14.0. The van der Waals surface area contributed by atoms with Crippen LogP contribution < -0.4 is 21.1 Å². The highest BCUT2D eigenvalue weighted by Crippen LogP contribution is 2.14. The maximum Gasteiger partial charge on any atom is 0.239 e. The fourth-order valence-electron chi connectivity index (χ4n) is 1.56. The van der Waals surface area contributed by atoms with Crippen molar-refractivity contribution in [2.45, 2.75) is 19.9 Å². The van der Waals surface area contributed by atoms with Gasteiger partial charge in [-0.05, 0) is 18.1 Å². The van der Waals surface area contributed by atoms with E-state index in [4.69, 9.17) is 10.5 Å². The SMILES string of the molecule is CC(C)[C@H](N)C(=O)NCC(=O)NCCOc1ccccc1F.Cl. The third-order valence-corrected chi connectivity index (χ3v) is 2.96. The topological polar surface area (TPSA) is 93.5 Å². The Balaban J connectivity index is 0.00000484. The molecule has 23 heavy (non-hydrogen) atoms. The first-order valence-electron chi connectivity index (χ1n) is 7.09. The number of hydrogen-bond acceptors (Lipinski definition) is 4. The Morgan fingerprint density at radius 2 is 1.91 bits per heavy atom. The summed E-state index contributed by atoms with van der Waals surface area (Å²) in [6, 6.07) is 5.38. The van der Waals surface area contributed by atoms with Crippen LogP contribution in [0.15, 0.2) is 24.3 Å². The summed E-state index contributed by atoms with van der Waals surface area (Å²) in [5.41, 5.74) is 5.65. The molecular formula is C15H23ClFN3O3. The number of hydrogen-bond donors (Lipinski definition) is 3. The molecule has 0 saturated heterocycles. The minimum absolute atomic E-state index is 0. The van der Waals surface area contributed by atoms with Gasteiger partial charge in [-0.2, -0.15) is 0 Å². The Morgan fingerprint density at radius 1 is 1.26 bits per heavy atom. The highest BCUT2D eigenvalue weighted by atomic mass is 35.5. The molecule has 0 unspecified atom stereocenters. The van der Waals surface area contributed by atoms with E-state index in [0.29, 0.717) is 0 Å². The number of carbonyl (C=O) groups is 2. The predicted molar refractivity (Wildman–Crippen MR) is 88.0 cm³/mol. The molecule has 130 valence electrons. The van der Waals surface area contributed by atoms with Gasteiger partial charge in [-0.1, -0.05) is 26.0 Å². The maximum absolute atomic E-state index is 13.3. The molecule has 1 atom stereocenters. The zero-order chi connectivity index (χ0) is 16.5. The maximum atomic E-state index is 13.3. The lowest BCUT2D eigenvalue weighted by Gasteiger charge is -2.15. The lowest BCUT2D eigenvalue weighted by Crippen LogP contribution is -2.47. The van der Waals surface area contributed by atoms with Crippen LogP contribution in [0, 0.1) is 11.7 Å². The minimum atomic E-state index is -0.641. The molecule has 0 aliphatic carbocycles. The molecule has 0 saturated carbocycles. The molecule has 0 fully saturated rings. The largest absolute Gasteiger partial charge is 0.489 e. The molecule has 6 nitrogen and oxygen atoms in total. The quantitative estimate of drug-likeness (QED) is 0.607. The lowest BCUT2D eigenvalue weighted by atomic mass is 10.1. The average Bonchev–Trinajstić information content (AvgIpc) is 2.49. The van der Waals surface area contributed by atoms with Gasteiger partial charge in [0.1, 0.15) is 6.61 Å². The van der Waals surface area contributed by atoms with E-state index < -0.39 is 11.9 Å². The van der Waals surface area contributed by atoms with E-state index in [1.54, 1.807) is 12.1 Å². The first-order valence-corrected chi connectivity index (χ1v) is 7.09. The van der Waals surface area contributed by atoms with Crippen LogP contribution in [-0.2, 0) is 9.59 Å². The van der Waals surface area contributed by atoms with Gasteiger partial charge in [0.25, 0.3) is 0 Å². The summed E-state index contributed by atoms with van der Waals surface area (Å²) in [6.45, 7) is 3.83. The van der Waals surface area contributed by atoms with E-state index in [-0.39, 0.29) is 55.6 Å². The normalized spacial score (nSPS) is 11.3. The van der Waals surface area contributed by atoms with Crippen LogP contribution in [0.25, 0.3) is 0 Å². The summed E-state index contributed by atoms with van der Waals surface area (Å²) in [4.78, 5) is 23.1. The molecule has 0 aromatic heterocycles. The number of nitrogens with one attached hydrogen (secondary N) is 2. The highest BCUT2D eigenvalue weighted by molar-refractivity contribution is 5.87. The second-order valence-electron chi connectivity index (χ2n) is 5.12. The van der Waals surface area contributed by atoms with Crippen molar-refractivity contribution in [3.05, 3.63) is 30.1 Å². The summed E-state index contributed by atoms with van der Waals surface area (Å²) in [5.74, 6) is -1.05. The van der Waals surface area contributed by atoms with Gasteiger partial charge in [-0.3, -0.25) is 9.59 Å². The fourth-order valence-corrected chi connectivity index (χ4v) is 1.56. The third-order valence-electron chi connectivity index (χ3n) is 2.96. The van der Waals surface area contributed by atoms with Gasteiger partial charge < -0.3 is 21.1 Å². The Bertz CT molecular complexity index is 514. The van der Waals surface area contributed by atoms with E-state index in [1.165, 1.54) is 12.1 Å². The number of carbonyl (C=O) groups excluding carboxylic acids is 2. The predicted octanol–water partition coefficient (Wildman–Crippen LogP) is 0.842. The molecule has 1 rings (SSSR count). The van der Waals surface area contributed by atoms with Gasteiger partial charge in [-0.25, -0.2) is 4.39 Å². The average molecular weight is 348 g/mol. The standard InChI is InChI=1S/C15H22FN3O3.ClH/c1-10(2)14(17)15(21)19-9-13(20)18-7-8-22-12-6-4-3-5-11(12)16;/h3-6,10,14H,7-9,17H2,1-2H3,(H,18,20)(H,19,21);1H/t14-;/m0./s1. The molecule has 1 aromatic rings. The third kappa shape index (κ3) is 7.80. The summed E-state index contributed by atoms with van der Waals surface area (Å²) in [5, 5.41) is 5.01. The molecule has 0 spiro atoms. The summed E-state index contributed by atoms with van der Waals surface area (Å²) in [7, 11) is 0. The molecule has 8 heteroatoms. The fraction of sp³-hybridized carbons (Fsp3) is 0.467. The Morgan fingerprint density at radius 3 is 2.52 bits per heavy atom. The van der Waals surface area contributed by atoms with Crippen LogP contribution >= 0.6 is 12.4 Å². The van der Waals surface area contributed by atoms with Crippen molar-refractivity contribution in [1.29, 1.82) is 0 Å². The van der Waals surface area contributed by atoms with Crippen molar-refractivity contribution < 1.29 is 18.7 Å². The van der Waals surface area contributed by atoms with E-state index in [2.05, 4.69) is 10.6 Å². The number of rotatable bonds is 8. The molecule has 2 amide bonds. The van der Waals surface area contributed by atoms with Gasteiger partial charge in [-0.15, -0.1) is 12.4 Å². The molecule has 0 aliphatic rings. The Hall–Kier alpha value is -1.86. The number of amides is 2.